The smallest absolute Gasteiger partial charge is 0.168 e. The first-order chi connectivity index (χ1) is 12.1. The third-order valence-electron chi connectivity index (χ3n) is 4.71. The van der Waals surface area contributed by atoms with Gasteiger partial charge in [-0.2, -0.15) is 0 Å². The highest BCUT2D eigenvalue weighted by molar-refractivity contribution is 5.26. The molecule has 1 aliphatic rings. The summed E-state index contributed by atoms with van der Waals surface area (Å²) in [6.45, 7) is 8.59. The lowest BCUT2D eigenvalue weighted by Gasteiger charge is -2.30. The molecule has 1 fully saturated rings. The first-order valence-electron chi connectivity index (χ1n) is 8.92. The molecule has 0 amide bonds. The van der Waals surface area contributed by atoms with Gasteiger partial charge in [0.1, 0.15) is 18.0 Å². The van der Waals surface area contributed by atoms with Crippen molar-refractivity contribution in [2.24, 2.45) is 0 Å². The van der Waals surface area contributed by atoms with Crippen molar-refractivity contribution in [2.75, 3.05) is 13.7 Å². The van der Waals surface area contributed by atoms with E-state index in [1.165, 1.54) is 0 Å². The SMILES string of the molecule is C=CC[C@H](O)[C@@H](OCc1ccc(OC)cc1)[C@H]1COC(CC)(CC)O1. The molecule has 1 aliphatic heterocycles. The standard InChI is InChI=1S/C20H30O5/c1-5-8-17(21)19(18-14-24-20(6-2,7-3)25-18)23-13-15-9-11-16(22-4)12-10-15/h5,9-12,17-19,21H,1,6-8,13-14H2,2-4H3/t17-,18+,19+/m0/s1. The Hall–Kier alpha value is -1.40. The van der Waals surface area contributed by atoms with Gasteiger partial charge in [-0.15, -0.1) is 6.58 Å². The molecule has 0 saturated carbocycles. The normalized spacial score (nSPS) is 21.7. The number of benzene rings is 1. The van der Waals surface area contributed by atoms with Gasteiger partial charge in [-0.25, -0.2) is 0 Å². The molecule has 0 unspecified atom stereocenters. The molecular formula is C20H30O5. The number of hydrogen-bond acceptors (Lipinski definition) is 5. The number of aliphatic hydroxyl groups is 1. The predicted octanol–water partition coefficient (Wildman–Crippen LogP) is 3.45. The summed E-state index contributed by atoms with van der Waals surface area (Å²) in [6, 6.07) is 7.68. The summed E-state index contributed by atoms with van der Waals surface area (Å²) in [5.41, 5.74) is 1.01. The first-order valence-corrected chi connectivity index (χ1v) is 8.92. The van der Waals surface area contributed by atoms with Gasteiger partial charge >= 0.3 is 0 Å². The Morgan fingerprint density at radius 2 is 2.00 bits per heavy atom. The lowest BCUT2D eigenvalue weighted by molar-refractivity contribution is -0.195. The van der Waals surface area contributed by atoms with Gasteiger partial charge in [0.25, 0.3) is 0 Å². The number of aliphatic hydroxyl groups excluding tert-OH is 1. The number of ether oxygens (including phenoxy) is 4. The highest BCUT2D eigenvalue weighted by Crippen LogP contribution is 2.33. The van der Waals surface area contributed by atoms with Crippen LogP contribution in [0, 0.1) is 0 Å². The molecule has 1 N–H and O–H groups in total. The average molecular weight is 350 g/mol. The molecule has 1 heterocycles. The van der Waals surface area contributed by atoms with E-state index >= 15 is 0 Å². The van der Waals surface area contributed by atoms with Crippen LogP contribution < -0.4 is 4.74 Å². The summed E-state index contributed by atoms with van der Waals surface area (Å²) in [5, 5.41) is 10.5. The van der Waals surface area contributed by atoms with Gasteiger partial charge in [-0.05, 0) is 37.0 Å². The highest BCUT2D eigenvalue weighted by Gasteiger charge is 2.44. The molecule has 0 aliphatic carbocycles. The van der Waals surface area contributed by atoms with Crippen LogP contribution >= 0.6 is 0 Å². The molecule has 1 aromatic rings. The van der Waals surface area contributed by atoms with Crippen molar-refractivity contribution in [3.8, 4) is 5.75 Å². The molecule has 1 saturated heterocycles. The zero-order chi connectivity index (χ0) is 18.3. The van der Waals surface area contributed by atoms with Crippen LogP contribution in [0.15, 0.2) is 36.9 Å². The van der Waals surface area contributed by atoms with Crippen LogP contribution in [-0.2, 0) is 20.8 Å². The maximum Gasteiger partial charge on any atom is 0.168 e. The zero-order valence-corrected chi connectivity index (χ0v) is 15.4. The van der Waals surface area contributed by atoms with Crippen LogP contribution in [0.1, 0.15) is 38.7 Å². The summed E-state index contributed by atoms with van der Waals surface area (Å²) in [4.78, 5) is 0. The quantitative estimate of drug-likeness (QED) is 0.655. The highest BCUT2D eigenvalue weighted by atomic mass is 16.8. The van der Waals surface area contributed by atoms with E-state index in [2.05, 4.69) is 6.58 Å². The Balaban J connectivity index is 2.04. The number of methoxy groups -OCH3 is 1. The van der Waals surface area contributed by atoms with E-state index in [0.717, 1.165) is 24.2 Å². The fraction of sp³-hybridized carbons (Fsp3) is 0.600. The third-order valence-corrected chi connectivity index (χ3v) is 4.71. The lowest BCUT2D eigenvalue weighted by atomic mass is 10.0. The molecule has 0 spiro atoms. The minimum absolute atomic E-state index is 0.298. The van der Waals surface area contributed by atoms with Gasteiger partial charge in [0.2, 0.25) is 0 Å². The van der Waals surface area contributed by atoms with Gasteiger partial charge in [0, 0.05) is 0 Å². The molecule has 2 rings (SSSR count). The minimum atomic E-state index is -0.686. The number of hydrogen-bond donors (Lipinski definition) is 1. The summed E-state index contributed by atoms with van der Waals surface area (Å²) >= 11 is 0. The molecule has 1 aromatic carbocycles. The fourth-order valence-electron chi connectivity index (χ4n) is 3.05. The fourth-order valence-corrected chi connectivity index (χ4v) is 3.05. The van der Waals surface area contributed by atoms with Gasteiger partial charge in [-0.3, -0.25) is 0 Å². The van der Waals surface area contributed by atoms with E-state index < -0.39 is 18.0 Å². The van der Waals surface area contributed by atoms with Crippen molar-refractivity contribution < 1.29 is 24.1 Å². The van der Waals surface area contributed by atoms with Crippen LogP contribution in [0.3, 0.4) is 0 Å². The summed E-state index contributed by atoms with van der Waals surface area (Å²) < 4.78 is 23.2. The second-order valence-corrected chi connectivity index (χ2v) is 6.30. The van der Waals surface area contributed by atoms with E-state index in [9.17, 15) is 5.11 Å². The minimum Gasteiger partial charge on any atom is -0.497 e. The molecule has 5 heteroatoms. The van der Waals surface area contributed by atoms with E-state index in [1.54, 1.807) is 13.2 Å². The summed E-state index contributed by atoms with van der Waals surface area (Å²) in [5.74, 6) is 0.232. The molecular weight excluding hydrogens is 320 g/mol. The van der Waals surface area contributed by atoms with Gasteiger partial charge in [-0.1, -0.05) is 32.1 Å². The van der Waals surface area contributed by atoms with Crippen molar-refractivity contribution in [2.45, 2.75) is 63.8 Å². The monoisotopic (exact) mass is 350 g/mol. The van der Waals surface area contributed by atoms with Crippen LogP contribution in [0.2, 0.25) is 0 Å². The Labute approximate surface area is 150 Å². The van der Waals surface area contributed by atoms with E-state index in [0.29, 0.717) is 19.6 Å². The van der Waals surface area contributed by atoms with E-state index in [1.807, 2.05) is 38.1 Å². The van der Waals surface area contributed by atoms with Crippen molar-refractivity contribution in [3.63, 3.8) is 0 Å². The zero-order valence-electron chi connectivity index (χ0n) is 15.4. The van der Waals surface area contributed by atoms with E-state index in [4.69, 9.17) is 18.9 Å². The molecule has 3 atom stereocenters. The van der Waals surface area contributed by atoms with Crippen LogP contribution in [0.25, 0.3) is 0 Å². The van der Waals surface area contributed by atoms with Crippen molar-refractivity contribution in [1.82, 2.24) is 0 Å². The molecule has 0 radical (unpaired) electrons. The summed E-state index contributed by atoms with van der Waals surface area (Å²) in [7, 11) is 1.64. The Bertz CT molecular complexity index is 523. The topological polar surface area (TPSA) is 57.2 Å². The Morgan fingerprint density at radius 3 is 2.52 bits per heavy atom. The molecule has 25 heavy (non-hydrogen) atoms. The molecule has 140 valence electrons. The van der Waals surface area contributed by atoms with Gasteiger partial charge in [0.15, 0.2) is 5.79 Å². The second kappa shape index (κ2) is 9.34. The number of rotatable bonds is 10. The van der Waals surface area contributed by atoms with Crippen LogP contribution in [-0.4, -0.2) is 42.9 Å². The first kappa shape index (κ1) is 19.9. The predicted molar refractivity (Wildman–Crippen MR) is 96.5 cm³/mol. The van der Waals surface area contributed by atoms with Crippen molar-refractivity contribution in [3.05, 3.63) is 42.5 Å². The Morgan fingerprint density at radius 1 is 1.32 bits per heavy atom. The lowest BCUT2D eigenvalue weighted by Crippen LogP contribution is -2.42. The molecule has 0 aromatic heterocycles. The third kappa shape index (κ3) is 5.05. The largest absolute Gasteiger partial charge is 0.497 e. The van der Waals surface area contributed by atoms with Gasteiger partial charge in [0.05, 0.1) is 26.4 Å². The Kier molecular flexibility index (Phi) is 7.44. The van der Waals surface area contributed by atoms with Crippen LogP contribution in [0.5, 0.6) is 5.75 Å². The second-order valence-electron chi connectivity index (χ2n) is 6.30. The van der Waals surface area contributed by atoms with E-state index in [-0.39, 0.29) is 6.10 Å². The maximum absolute atomic E-state index is 10.5. The van der Waals surface area contributed by atoms with Crippen molar-refractivity contribution >= 4 is 0 Å². The molecule has 0 bridgehead atoms. The van der Waals surface area contributed by atoms with Crippen molar-refractivity contribution in [1.29, 1.82) is 0 Å². The maximum atomic E-state index is 10.5. The van der Waals surface area contributed by atoms with Crippen LogP contribution in [0.4, 0.5) is 0 Å². The van der Waals surface area contributed by atoms with Gasteiger partial charge < -0.3 is 24.1 Å². The average Bonchev–Trinajstić information content (AvgIpc) is 3.07. The molecule has 5 nitrogen and oxygen atoms in total. The summed E-state index contributed by atoms with van der Waals surface area (Å²) in [6.07, 6.45) is 2.21.